The number of nitrogens with zero attached hydrogens (tertiary/aromatic N) is 1. The van der Waals surface area contributed by atoms with Crippen molar-refractivity contribution in [1.82, 2.24) is 4.31 Å². The quantitative estimate of drug-likeness (QED) is 0.822. The maximum absolute atomic E-state index is 12.5. The molecule has 2 aromatic carbocycles. The van der Waals surface area contributed by atoms with Crippen molar-refractivity contribution < 1.29 is 17.9 Å². The van der Waals surface area contributed by atoms with Crippen LogP contribution in [-0.4, -0.2) is 37.5 Å². The summed E-state index contributed by atoms with van der Waals surface area (Å²) in [6.45, 7) is 2.36. The zero-order valence-corrected chi connectivity index (χ0v) is 16.1. The Morgan fingerprint density at radius 2 is 1.78 bits per heavy atom. The van der Waals surface area contributed by atoms with Crippen LogP contribution in [0.2, 0.25) is 0 Å². The summed E-state index contributed by atoms with van der Waals surface area (Å²) in [6, 6.07) is 16.6. The van der Waals surface area contributed by atoms with E-state index in [9.17, 15) is 13.2 Å². The lowest BCUT2D eigenvalue weighted by Crippen LogP contribution is -2.44. The molecular weight excluding hydrogens is 364 g/mol. The van der Waals surface area contributed by atoms with E-state index in [0.717, 1.165) is 5.75 Å². The van der Waals surface area contributed by atoms with Gasteiger partial charge in [-0.3, -0.25) is 4.79 Å². The molecule has 3 rings (SSSR count). The molecule has 144 valence electrons. The predicted octanol–water partition coefficient (Wildman–Crippen LogP) is 3.48. The first-order valence-electron chi connectivity index (χ1n) is 9.09. The van der Waals surface area contributed by atoms with Crippen LogP contribution in [0.4, 0.5) is 5.69 Å². The number of hydrogen-bond donors (Lipinski definition) is 1. The molecule has 0 saturated carbocycles. The summed E-state index contributed by atoms with van der Waals surface area (Å²) in [4.78, 5) is 12.5. The standard InChI is InChI=1S/C20H24N2O4S/c1-2-27(24,25)22-14-6-7-16(15-22)20(23)21-17-10-12-19(13-11-17)26-18-8-4-3-5-9-18/h3-5,8-13,16H,2,6-7,14-15H2,1H3,(H,21,23). The SMILES string of the molecule is CCS(=O)(=O)N1CCCC(C(=O)Nc2ccc(Oc3ccccc3)cc2)C1. The largest absolute Gasteiger partial charge is 0.457 e. The Kier molecular flexibility index (Phi) is 6.13. The highest BCUT2D eigenvalue weighted by Crippen LogP contribution is 2.24. The molecule has 2 aromatic rings. The van der Waals surface area contributed by atoms with Gasteiger partial charge in [0.05, 0.1) is 11.7 Å². The van der Waals surface area contributed by atoms with Gasteiger partial charge >= 0.3 is 0 Å². The van der Waals surface area contributed by atoms with E-state index >= 15 is 0 Å². The van der Waals surface area contributed by atoms with Crippen molar-refractivity contribution in [2.24, 2.45) is 5.92 Å². The highest BCUT2D eigenvalue weighted by atomic mass is 32.2. The first-order valence-corrected chi connectivity index (χ1v) is 10.7. The van der Waals surface area contributed by atoms with Crippen molar-refractivity contribution in [1.29, 1.82) is 0 Å². The number of sulfonamides is 1. The maximum atomic E-state index is 12.5. The minimum absolute atomic E-state index is 0.0597. The first kappa shape index (κ1) is 19.4. The Morgan fingerprint density at radius 1 is 1.11 bits per heavy atom. The van der Waals surface area contributed by atoms with Crippen LogP contribution in [0.3, 0.4) is 0 Å². The summed E-state index contributed by atoms with van der Waals surface area (Å²) in [5, 5.41) is 2.88. The lowest BCUT2D eigenvalue weighted by molar-refractivity contribution is -0.120. The van der Waals surface area contributed by atoms with Crippen LogP contribution in [-0.2, 0) is 14.8 Å². The molecule has 27 heavy (non-hydrogen) atoms. The second-order valence-corrected chi connectivity index (χ2v) is 8.78. The van der Waals surface area contributed by atoms with Crippen molar-refractivity contribution in [2.45, 2.75) is 19.8 Å². The molecule has 0 aliphatic carbocycles. The number of nitrogens with one attached hydrogen (secondary N) is 1. The third kappa shape index (κ3) is 5.08. The number of carbonyl (C=O) groups is 1. The number of anilines is 1. The van der Waals surface area contributed by atoms with Gasteiger partial charge in [0, 0.05) is 18.8 Å². The van der Waals surface area contributed by atoms with Crippen molar-refractivity contribution in [3.63, 3.8) is 0 Å². The van der Waals surface area contributed by atoms with Gasteiger partial charge in [-0.2, -0.15) is 0 Å². The third-order valence-electron chi connectivity index (χ3n) is 4.61. The molecular formula is C20H24N2O4S. The molecule has 0 aromatic heterocycles. The van der Waals surface area contributed by atoms with Gasteiger partial charge in [0.2, 0.25) is 15.9 Å². The van der Waals surface area contributed by atoms with E-state index in [1.165, 1.54) is 4.31 Å². The fraction of sp³-hybridized carbons (Fsp3) is 0.350. The number of para-hydroxylation sites is 1. The monoisotopic (exact) mass is 388 g/mol. The predicted molar refractivity (Wildman–Crippen MR) is 105 cm³/mol. The molecule has 1 amide bonds. The molecule has 7 heteroatoms. The maximum Gasteiger partial charge on any atom is 0.228 e. The third-order valence-corrected chi connectivity index (χ3v) is 6.46. The summed E-state index contributed by atoms with van der Waals surface area (Å²) in [7, 11) is -3.26. The van der Waals surface area contributed by atoms with Crippen LogP contribution in [0.25, 0.3) is 0 Å². The van der Waals surface area contributed by atoms with Gasteiger partial charge in [-0.25, -0.2) is 12.7 Å². The molecule has 1 aliphatic rings. The van der Waals surface area contributed by atoms with E-state index in [0.29, 0.717) is 30.8 Å². The highest BCUT2D eigenvalue weighted by molar-refractivity contribution is 7.89. The summed E-state index contributed by atoms with van der Waals surface area (Å²) in [6.07, 6.45) is 1.39. The molecule has 0 radical (unpaired) electrons. The van der Waals surface area contributed by atoms with Gasteiger partial charge in [-0.05, 0) is 56.2 Å². The lowest BCUT2D eigenvalue weighted by Gasteiger charge is -2.30. The highest BCUT2D eigenvalue weighted by Gasteiger charge is 2.31. The zero-order valence-electron chi connectivity index (χ0n) is 15.3. The van der Waals surface area contributed by atoms with E-state index in [-0.39, 0.29) is 24.1 Å². The smallest absolute Gasteiger partial charge is 0.228 e. The second kappa shape index (κ2) is 8.54. The summed E-state index contributed by atoms with van der Waals surface area (Å²) in [5.41, 5.74) is 0.663. The van der Waals surface area contributed by atoms with Gasteiger partial charge in [-0.1, -0.05) is 18.2 Å². The lowest BCUT2D eigenvalue weighted by atomic mass is 9.99. The van der Waals surface area contributed by atoms with Crippen LogP contribution >= 0.6 is 0 Å². The van der Waals surface area contributed by atoms with Crippen LogP contribution in [0.5, 0.6) is 11.5 Å². The van der Waals surface area contributed by atoms with Gasteiger partial charge in [-0.15, -0.1) is 0 Å². The van der Waals surface area contributed by atoms with Gasteiger partial charge in [0.1, 0.15) is 11.5 Å². The molecule has 6 nitrogen and oxygen atoms in total. The Hall–Kier alpha value is -2.38. The number of amides is 1. The summed E-state index contributed by atoms with van der Waals surface area (Å²) >= 11 is 0. The number of ether oxygens (including phenoxy) is 1. The summed E-state index contributed by atoms with van der Waals surface area (Å²) < 4.78 is 31.3. The van der Waals surface area contributed by atoms with Crippen LogP contribution in [0, 0.1) is 5.92 Å². The normalized spacial score (nSPS) is 18.0. The Bertz CT molecular complexity index is 867. The van der Waals surface area contributed by atoms with Crippen molar-refractivity contribution >= 4 is 21.6 Å². The summed E-state index contributed by atoms with van der Waals surface area (Å²) in [5.74, 6) is 0.998. The average molecular weight is 388 g/mol. The van der Waals surface area contributed by atoms with E-state index in [1.54, 1.807) is 31.2 Å². The van der Waals surface area contributed by atoms with E-state index in [4.69, 9.17) is 4.74 Å². The Labute approximate surface area is 160 Å². The number of piperidine rings is 1. The van der Waals surface area contributed by atoms with Crippen LogP contribution < -0.4 is 10.1 Å². The molecule has 1 N–H and O–H groups in total. The molecule has 1 atom stereocenters. The van der Waals surface area contributed by atoms with Gasteiger partial charge < -0.3 is 10.1 Å². The Balaban J connectivity index is 1.59. The average Bonchev–Trinajstić information content (AvgIpc) is 2.70. The minimum atomic E-state index is -3.26. The first-order chi connectivity index (χ1) is 13.0. The fourth-order valence-corrected chi connectivity index (χ4v) is 4.25. The number of rotatable bonds is 6. The van der Waals surface area contributed by atoms with Crippen LogP contribution in [0.15, 0.2) is 54.6 Å². The number of hydrogen-bond acceptors (Lipinski definition) is 4. The molecule has 0 spiro atoms. The van der Waals surface area contributed by atoms with Crippen molar-refractivity contribution in [2.75, 3.05) is 24.2 Å². The van der Waals surface area contributed by atoms with E-state index in [1.807, 2.05) is 30.3 Å². The fourth-order valence-electron chi connectivity index (χ4n) is 3.07. The van der Waals surface area contributed by atoms with Gasteiger partial charge in [0.25, 0.3) is 0 Å². The van der Waals surface area contributed by atoms with E-state index < -0.39 is 10.0 Å². The van der Waals surface area contributed by atoms with Crippen LogP contribution in [0.1, 0.15) is 19.8 Å². The number of benzene rings is 2. The van der Waals surface area contributed by atoms with E-state index in [2.05, 4.69) is 5.32 Å². The number of carbonyl (C=O) groups excluding carboxylic acids is 1. The zero-order chi connectivity index (χ0) is 19.3. The molecule has 1 heterocycles. The minimum Gasteiger partial charge on any atom is -0.457 e. The van der Waals surface area contributed by atoms with Crippen molar-refractivity contribution in [3.05, 3.63) is 54.6 Å². The molecule has 1 aliphatic heterocycles. The Morgan fingerprint density at radius 3 is 2.44 bits per heavy atom. The molecule has 1 saturated heterocycles. The topological polar surface area (TPSA) is 75.7 Å². The van der Waals surface area contributed by atoms with Gasteiger partial charge in [0.15, 0.2) is 0 Å². The molecule has 1 unspecified atom stereocenters. The molecule has 0 bridgehead atoms. The second-order valence-electron chi connectivity index (χ2n) is 6.53. The molecule has 1 fully saturated rings. The van der Waals surface area contributed by atoms with Crippen molar-refractivity contribution in [3.8, 4) is 11.5 Å².